The highest BCUT2D eigenvalue weighted by Crippen LogP contribution is 2.13. The van der Waals surface area contributed by atoms with Crippen LogP contribution in [0.15, 0.2) is 18.2 Å². The van der Waals surface area contributed by atoms with Crippen LogP contribution in [0.1, 0.15) is 10.4 Å². The number of nitrogens with one attached hydrogen (secondary N) is 1. The third-order valence-corrected chi connectivity index (χ3v) is 2.40. The highest BCUT2D eigenvalue weighted by atomic mass is 19.1. The second kappa shape index (κ2) is 4.44. The molecule has 0 spiro atoms. The molecule has 0 saturated carbocycles. The molecule has 1 heterocycles. The maximum atomic E-state index is 13.1. The van der Waals surface area contributed by atoms with Gasteiger partial charge in [0, 0.05) is 11.3 Å². The Morgan fingerprint density at radius 2 is 1.83 bits per heavy atom. The molecule has 94 valence electrons. The van der Waals surface area contributed by atoms with Crippen LogP contribution in [0.2, 0.25) is 0 Å². The van der Waals surface area contributed by atoms with Crippen LogP contribution < -0.4 is 11.1 Å². The minimum atomic E-state index is -0.647. The summed E-state index contributed by atoms with van der Waals surface area (Å²) in [5.41, 5.74) is 5.54. The van der Waals surface area contributed by atoms with Crippen molar-refractivity contribution in [2.45, 2.75) is 0 Å². The molecule has 1 fully saturated rings. The zero-order valence-corrected chi connectivity index (χ0v) is 9.27. The van der Waals surface area contributed by atoms with Gasteiger partial charge in [-0.1, -0.05) is 0 Å². The number of nitrogens with zero attached hydrogens (tertiary/aromatic N) is 1. The molecule has 6 nitrogen and oxygen atoms in total. The first-order valence-corrected chi connectivity index (χ1v) is 5.14. The number of hydrogen-bond acceptors (Lipinski definition) is 4. The highest BCUT2D eigenvalue weighted by Gasteiger charge is 2.27. The van der Waals surface area contributed by atoms with Gasteiger partial charge < -0.3 is 10.6 Å². The van der Waals surface area contributed by atoms with Gasteiger partial charge in [-0.15, -0.1) is 0 Å². The summed E-state index contributed by atoms with van der Waals surface area (Å²) in [7, 11) is 0. The maximum absolute atomic E-state index is 13.1. The number of rotatable bonds is 1. The molecule has 1 aliphatic heterocycles. The number of carbonyl (C=O) groups excluding carboxylic acids is 3. The van der Waals surface area contributed by atoms with Crippen molar-refractivity contribution in [2.75, 3.05) is 18.8 Å². The molecule has 2 rings (SSSR count). The van der Waals surface area contributed by atoms with Gasteiger partial charge in [0.1, 0.15) is 18.9 Å². The molecular formula is C11H10FN3O3. The Labute approximate surface area is 102 Å². The third kappa shape index (κ3) is 2.45. The summed E-state index contributed by atoms with van der Waals surface area (Å²) in [4.78, 5) is 35.3. The molecule has 3 N–H and O–H groups in total. The van der Waals surface area contributed by atoms with Gasteiger partial charge in [-0.05, 0) is 18.2 Å². The molecule has 18 heavy (non-hydrogen) atoms. The van der Waals surface area contributed by atoms with Crippen molar-refractivity contribution in [2.24, 2.45) is 0 Å². The van der Waals surface area contributed by atoms with Crippen molar-refractivity contribution in [3.63, 3.8) is 0 Å². The van der Waals surface area contributed by atoms with Gasteiger partial charge in [0.25, 0.3) is 5.91 Å². The lowest BCUT2D eigenvalue weighted by atomic mass is 10.1. The van der Waals surface area contributed by atoms with Gasteiger partial charge in [0.2, 0.25) is 11.8 Å². The SMILES string of the molecule is Nc1cc(F)cc(C(=O)N2CC(=O)NC(=O)C2)c1. The number of anilines is 1. The number of nitrogen functional groups attached to an aromatic ring is 1. The van der Waals surface area contributed by atoms with E-state index in [0.717, 1.165) is 17.0 Å². The van der Waals surface area contributed by atoms with Gasteiger partial charge >= 0.3 is 0 Å². The molecule has 0 atom stereocenters. The molecule has 1 aromatic carbocycles. The van der Waals surface area contributed by atoms with E-state index in [-0.39, 0.29) is 24.3 Å². The first kappa shape index (κ1) is 12.0. The molecular weight excluding hydrogens is 241 g/mol. The van der Waals surface area contributed by atoms with Crippen LogP contribution in [0.25, 0.3) is 0 Å². The number of imide groups is 1. The molecule has 1 saturated heterocycles. The van der Waals surface area contributed by atoms with Crippen LogP contribution in [0.3, 0.4) is 0 Å². The minimum absolute atomic E-state index is 0.00926. The number of amides is 3. The van der Waals surface area contributed by atoms with Crippen LogP contribution in [-0.2, 0) is 9.59 Å². The molecule has 0 aromatic heterocycles. The Morgan fingerprint density at radius 1 is 1.22 bits per heavy atom. The Morgan fingerprint density at radius 3 is 2.39 bits per heavy atom. The second-order valence-electron chi connectivity index (χ2n) is 3.91. The summed E-state index contributed by atoms with van der Waals surface area (Å²) in [6, 6.07) is 3.38. The summed E-state index contributed by atoms with van der Waals surface area (Å²) in [5, 5.41) is 2.07. The number of hydrogen-bond donors (Lipinski definition) is 2. The predicted molar refractivity (Wildman–Crippen MR) is 59.9 cm³/mol. The molecule has 0 bridgehead atoms. The van der Waals surface area contributed by atoms with Crippen LogP contribution in [0, 0.1) is 5.82 Å². The average molecular weight is 251 g/mol. The van der Waals surface area contributed by atoms with Crippen molar-refractivity contribution in [1.29, 1.82) is 0 Å². The van der Waals surface area contributed by atoms with Crippen molar-refractivity contribution < 1.29 is 18.8 Å². The number of carbonyl (C=O) groups is 3. The quantitative estimate of drug-likeness (QED) is 0.520. The molecule has 0 aliphatic carbocycles. The van der Waals surface area contributed by atoms with E-state index in [1.165, 1.54) is 6.07 Å². The normalized spacial score (nSPS) is 15.5. The smallest absolute Gasteiger partial charge is 0.254 e. The monoisotopic (exact) mass is 251 g/mol. The summed E-state index contributed by atoms with van der Waals surface area (Å²) in [6.45, 7) is -0.470. The second-order valence-corrected chi connectivity index (χ2v) is 3.91. The fourth-order valence-electron chi connectivity index (χ4n) is 1.70. The Hall–Kier alpha value is -2.44. The Kier molecular flexibility index (Phi) is 2.97. The van der Waals surface area contributed by atoms with Gasteiger partial charge in [-0.25, -0.2) is 4.39 Å². The topological polar surface area (TPSA) is 92.5 Å². The fourth-order valence-corrected chi connectivity index (χ4v) is 1.70. The summed E-state index contributed by atoms with van der Waals surface area (Å²) < 4.78 is 13.1. The van der Waals surface area contributed by atoms with Crippen molar-refractivity contribution in [3.05, 3.63) is 29.6 Å². The highest BCUT2D eigenvalue weighted by molar-refractivity contribution is 6.05. The van der Waals surface area contributed by atoms with Crippen molar-refractivity contribution in [1.82, 2.24) is 10.2 Å². The number of piperazine rings is 1. The van der Waals surface area contributed by atoms with Crippen LogP contribution in [-0.4, -0.2) is 35.7 Å². The van der Waals surface area contributed by atoms with Crippen LogP contribution >= 0.6 is 0 Å². The van der Waals surface area contributed by atoms with Gasteiger partial charge in [-0.3, -0.25) is 19.7 Å². The third-order valence-electron chi connectivity index (χ3n) is 2.40. The fraction of sp³-hybridized carbons (Fsp3) is 0.182. The van der Waals surface area contributed by atoms with Crippen LogP contribution in [0.4, 0.5) is 10.1 Å². The van der Waals surface area contributed by atoms with E-state index in [4.69, 9.17) is 5.73 Å². The van der Waals surface area contributed by atoms with E-state index in [1.807, 2.05) is 0 Å². The van der Waals surface area contributed by atoms with E-state index in [9.17, 15) is 18.8 Å². The summed E-state index contributed by atoms with van der Waals surface area (Å²) >= 11 is 0. The minimum Gasteiger partial charge on any atom is -0.399 e. The standard InChI is InChI=1S/C11H10FN3O3/c12-7-1-6(2-8(13)3-7)11(18)15-4-9(16)14-10(17)5-15/h1-3H,4-5,13H2,(H,14,16,17). The molecule has 0 radical (unpaired) electrons. The first-order valence-electron chi connectivity index (χ1n) is 5.14. The van der Waals surface area contributed by atoms with Gasteiger partial charge in [0.05, 0.1) is 0 Å². The van der Waals surface area contributed by atoms with Crippen LogP contribution in [0.5, 0.6) is 0 Å². The first-order chi connectivity index (χ1) is 8.45. The number of halogens is 1. The average Bonchev–Trinajstić information content (AvgIpc) is 2.25. The zero-order chi connectivity index (χ0) is 13.3. The molecule has 1 aliphatic rings. The largest absolute Gasteiger partial charge is 0.399 e. The molecule has 1 aromatic rings. The predicted octanol–water partition coefficient (Wildman–Crippen LogP) is -0.494. The van der Waals surface area contributed by atoms with Crippen molar-refractivity contribution >= 4 is 23.4 Å². The Balaban J connectivity index is 2.25. The van der Waals surface area contributed by atoms with Crippen molar-refractivity contribution in [3.8, 4) is 0 Å². The van der Waals surface area contributed by atoms with E-state index < -0.39 is 23.5 Å². The molecule has 7 heteroatoms. The maximum Gasteiger partial charge on any atom is 0.254 e. The summed E-state index contributed by atoms with van der Waals surface area (Å²) in [5.74, 6) is -2.39. The van der Waals surface area contributed by atoms with E-state index in [0.29, 0.717) is 0 Å². The lowest BCUT2D eigenvalue weighted by Gasteiger charge is -2.25. The summed E-state index contributed by atoms with van der Waals surface area (Å²) in [6.07, 6.45) is 0. The van der Waals surface area contributed by atoms with E-state index in [2.05, 4.69) is 5.32 Å². The van der Waals surface area contributed by atoms with E-state index in [1.54, 1.807) is 0 Å². The number of nitrogens with two attached hydrogens (primary N) is 1. The lowest BCUT2D eigenvalue weighted by Crippen LogP contribution is -2.53. The number of benzene rings is 1. The zero-order valence-electron chi connectivity index (χ0n) is 9.27. The molecule has 0 unspecified atom stereocenters. The van der Waals surface area contributed by atoms with E-state index >= 15 is 0 Å². The molecule has 3 amide bonds. The lowest BCUT2D eigenvalue weighted by molar-refractivity contribution is -0.135. The van der Waals surface area contributed by atoms with Gasteiger partial charge in [-0.2, -0.15) is 0 Å². The Bertz CT molecular complexity index is 508. The van der Waals surface area contributed by atoms with Gasteiger partial charge in [0.15, 0.2) is 0 Å².